The van der Waals surface area contributed by atoms with Gasteiger partial charge in [-0.2, -0.15) is 0 Å². The first kappa shape index (κ1) is 22.0. The zero-order valence-corrected chi connectivity index (χ0v) is 22.5. The van der Waals surface area contributed by atoms with Gasteiger partial charge in [0.15, 0.2) is 0 Å². The number of benzene rings is 7. The van der Waals surface area contributed by atoms with Gasteiger partial charge < -0.3 is 4.57 Å². The summed E-state index contributed by atoms with van der Waals surface area (Å²) >= 11 is 1.89. The number of rotatable bonds is 2. The van der Waals surface area contributed by atoms with Crippen LogP contribution >= 0.6 is 11.3 Å². The first-order chi connectivity index (χ1) is 19.8. The van der Waals surface area contributed by atoms with E-state index in [9.17, 15) is 0 Å². The second kappa shape index (κ2) is 8.29. The van der Waals surface area contributed by atoms with E-state index in [1.165, 1.54) is 80.3 Å². The van der Waals surface area contributed by atoms with Crippen LogP contribution < -0.4 is 0 Å². The molecule has 0 aliphatic heterocycles. The molecule has 7 aromatic carbocycles. The topological polar surface area (TPSA) is 4.93 Å². The highest BCUT2D eigenvalue weighted by atomic mass is 32.1. The summed E-state index contributed by atoms with van der Waals surface area (Å²) in [5, 5.41) is 10.4. The number of hydrogen-bond acceptors (Lipinski definition) is 1. The Kier molecular flexibility index (Phi) is 4.55. The summed E-state index contributed by atoms with van der Waals surface area (Å²) in [6, 6.07) is 51.2. The van der Waals surface area contributed by atoms with Crippen molar-refractivity contribution in [2.45, 2.75) is 0 Å². The first-order valence-electron chi connectivity index (χ1n) is 13.7. The maximum atomic E-state index is 2.45. The molecule has 186 valence electrons. The zero-order valence-electron chi connectivity index (χ0n) is 21.6. The predicted octanol–water partition coefficient (Wildman–Crippen LogP) is 11.1. The molecule has 2 heteroatoms. The third-order valence-corrected chi connectivity index (χ3v) is 9.60. The molecule has 0 atom stereocenters. The molecule has 0 unspecified atom stereocenters. The minimum atomic E-state index is 1.18. The Morgan fingerprint density at radius 3 is 2.10 bits per heavy atom. The number of nitrogens with zero attached hydrogens (tertiary/aromatic N) is 1. The van der Waals surface area contributed by atoms with Gasteiger partial charge in [-0.1, -0.05) is 109 Å². The van der Waals surface area contributed by atoms with E-state index in [2.05, 4.69) is 144 Å². The van der Waals surface area contributed by atoms with Gasteiger partial charge in [-0.05, 0) is 57.6 Å². The second-order valence-electron chi connectivity index (χ2n) is 10.5. The van der Waals surface area contributed by atoms with Gasteiger partial charge in [-0.3, -0.25) is 0 Å². The largest absolute Gasteiger partial charge is 0.309 e. The van der Waals surface area contributed by atoms with E-state index >= 15 is 0 Å². The van der Waals surface area contributed by atoms with Gasteiger partial charge in [0.05, 0.1) is 11.0 Å². The summed E-state index contributed by atoms with van der Waals surface area (Å²) in [7, 11) is 0. The molecule has 0 fully saturated rings. The van der Waals surface area contributed by atoms with Gasteiger partial charge in [0.2, 0.25) is 0 Å². The van der Waals surface area contributed by atoms with Crippen LogP contribution in [0.5, 0.6) is 0 Å². The molecule has 40 heavy (non-hydrogen) atoms. The molecular formula is C38H23NS. The average Bonchev–Trinajstić information content (AvgIpc) is 3.57. The first-order valence-corrected chi connectivity index (χ1v) is 14.5. The summed E-state index contributed by atoms with van der Waals surface area (Å²) in [5.74, 6) is 0. The number of aromatic nitrogens is 1. The van der Waals surface area contributed by atoms with E-state index in [1.807, 2.05) is 11.3 Å². The molecule has 1 nitrogen and oxygen atoms in total. The monoisotopic (exact) mass is 525 g/mol. The smallest absolute Gasteiger partial charge is 0.0619 e. The molecule has 2 heterocycles. The van der Waals surface area contributed by atoms with E-state index in [-0.39, 0.29) is 0 Å². The van der Waals surface area contributed by atoms with Gasteiger partial charge in [-0.15, -0.1) is 11.3 Å². The average molecular weight is 526 g/mol. The minimum Gasteiger partial charge on any atom is -0.309 e. The van der Waals surface area contributed by atoms with Crippen LogP contribution in [0, 0.1) is 0 Å². The molecule has 9 rings (SSSR count). The zero-order chi connectivity index (χ0) is 26.2. The van der Waals surface area contributed by atoms with E-state index in [0.29, 0.717) is 0 Å². The molecule has 0 aliphatic carbocycles. The summed E-state index contributed by atoms with van der Waals surface area (Å²) in [5.41, 5.74) is 6.24. The molecule has 0 aliphatic rings. The maximum Gasteiger partial charge on any atom is 0.0619 e. The van der Waals surface area contributed by atoms with Crippen molar-refractivity contribution in [2.24, 2.45) is 0 Å². The summed E-state index contributed by atoms with van der Waals surface area (Å²) < 4.78 is 5.14. The summed E-state index contributed by atoms with van der Waals surface area (Å²) in [4.78, 5) is 0. The van der Waals surface area contributed by atoms with Gasteiger partial charge in [0.1, 0.15) is 0 Å². The highest BCUT2D eigenvalue weighted by Gasteiger charge is 2.18. The van der Waals surface area contributed by atoms with E-state index in [4.69, 9.17) is 0 Å². The molecule has 0 spiro atoms. The number of thiophene rings is 1. The fourth-order valence-corrected chi connectivity index (χ4v) is 7.82. The van der Waals surface area contributed by atoms with Crippen LogP contribution in [0.3, 0.4) is 0 Å². The van der Waals surface area contributed by atoms with Crippen LogP contribution in [0.2, 0.25) is 0 Å². The molecule has 9 aromatic rings. The lowest BCUT2D eigenvalue weighted by molar-refractivity contribution is 1.19. The van der Waals surface area contributed by atoms with Crippen molar-refractivity contribution >= 4 is 74.9 Å². The lowest BCUT2D eigenvalue weighted by Gasteiger charge is -2.11. The highest BCUT2D eigenvalue weighted by Crippen LogP contribution is 2.43. The molecule has 2 aromatic heterocycles. The molecular weight excluding hydrogens is 502 g/mol. The Labute approximate surface area is 235 Å². The lowest BCUT2D eigenvalue weighted by Crippen LogP contribution is -1.94. The Hall–Kier alpha value is -4.92. The SMILES string of the molecule is c1ccc(-n2c3ccc(-c4cccc5c4sc4ccccc45)cc3c3ccc4c5ccccc5ccc4c32)cc1. The van der Waals surface area contributed by atoms with Crippen molar-refractivity contribution in [2.75, 3.05) is 0 Å². The molecule has 0 N–H and O–H groups in total. The molecule has 0 saturated heterocycles. The molecule has 0 saturated carbocycles. The molecule has 0 bridgehead atoms. The van der Waals surface area contributed by atoms with Crippen LogP contribution in [-0.2, 0) is 0 Å². The van der Waals surface area contributed by atoms with Crippen molar-refractivity contribution in [3.8, 4) is 16.8 Å². The second-order valence-corrected chi connectivity index (χ2v) is 11.6. The Balaban J connectivity index is 1.40. The van der Waals surface area contributed by atoms with Gasteiger partial charge in [0.25, 0.3) is 0 Å². The maximum absolute atomic E-state index is 2.45. The van der Waals surface area contributed by atoms with E-state index < -0.39 is 0 Å². The fourth-order valence-electron chi connectivity index (χ4n) is 6.59. The fraction of sp³-hybridized carbons (Fsp3) is 0. The molecule has 0 amide bonds. The van der Waals surface area contributed by atoms with Gasteiger partial charge in [0, 0.05) is 42.0 Å². The third-order valence-electron chi connectivity index (χ3n) is 8.38. The third kappa shape index (κ3) is 3.03. The van der Waals surface area contributed by atoms with E-state index in [1.54, 1.807) is 0 Å². The van der Waals surface area contributed by atoms with Crippen LogP contribution in [0.4, 0.5) is 0 Å². The van der Waals surface area contributed by atoms with Crippen LogP contribution in [0.15, 0.2) is 140 Å². The Morgan fingerprint density at radius 1 is 0.450 bits per heavy atom. The quantitative estimate of drug-likeness (QED) is 0.198. The van der Waals surface area contributed by atoms with Crippen LogP contribution in [0.1, 0.15) is 0 Å². The lowest BCUT2D eigenvalue weighted by atomic mass is 9.98. The molecule has 0 radical (unpaired) electrons. The van der Waals surface area contributed by atoms with Crippen molar-refractivity contribution in [1.29, 1.82) is 0 Å². The minimum absolute atomic E-state index is 1.18. The highest BCUT2D eigenvalue weighted by molar-refractivity contribution is 7.26. The summed E-state index contributed by atoms with van der Waals surface area (Å²) in [6.45, 7) is 0. The van der Waals surface area contributed by atoms with Crippen LogP contribution in [-0.4, -0.2) is 4.57 Å². The Morgan fingerprint density at radius 2 is 1.18 bits per heavy atom. The van der Waals surface area contributed by atoms with E-state index in [0.717, 1.165) is 0 Å². The number of hydrogen-bond donors (Lipinski definition) is 0. The van der Waals surface area contributed by atoms with Gasteiger partial charge >= 0.3 is 0 Å². The van der Waals surface area contributed by atoms with Crippen molar-refractivity contribution in [1.82, 2.24) is 4.57 Å². The number of fused-ring (bicyclic) bond motifs is 10. The number of para-hydroxylation sites is 1. The summed E-state index contributed by atoms with van der Waals surface area (Å²) in [6.07, 6.45) is 0. The van der Waals surface area contributed by atoms with Crippen LogP contribution in [0.25, 0.3) is 80.3 Å². The van der Waals surface area contributed by atoms with Crippen molar-refractivity contribution < 1.29 is 0 Å². The standard InChI is InChI=1S/C38H23NS/c1-2-10-26(11-3-1)39-35-22-18-25(28-14-8-15-33-30-13-6-7-16-36(30)40-38(28)33)23-34(35)32-21-20-29-27-12-5-4-9-24(27)17-19-31(29)37(32)39/h1-23H. The van der Waals surface area contributed by atoms with Gasteiger partial charge in [-0.25, -0.2) is 0 Å². The normalized spacial score (nSPS) is 12.0. The Bertz CT molecular complexity index is 2420. The van der Waals surface area contributed by atoms with Crippen molar-refractivity contribution in [3.05, 3.63) is 140 Å². The predicted molar refractivity (Wildman–Crippen MR) is 174 cm³/mol. The van der Waals surface area contributed by atoms with Crippen molar-refractivity contribution in [3.63, 3.8) is 0 Å².